The minimum Gasteiger partial charge on any atom is -0.491 e. The predicted molar refractivity (Wildman–Crippen MR) is 124 cm³/mol. The topological polar surface area (TPSA) is 111 Å². The van der Waals surface area contributed by atoms with Gasteiger partial charge in [0.15, 0.2) is 0 Å². The van der Waals surface area contributed by atoms with E-state index in [9.17, 15) is 8.76 Å². The highest BCUT2D eigenvalue weighted by molar-refractivity contribution is 7.92. The second kappa shape index (κ2) is 19.4. The number of hydrogen-bond donors (Lipinski definition) is 1. The third-order valence-corrected chi connectivity index (χ3v) is 5.92. The van der Waals surface area contributed by atoms with Gasteiger partial charge < -0.3 is 18.9 Å². The normalized spacial score (nSPS) is 13.2. The first-order valence-corrected chi connectivity index (χ1v) is 13.3. The molecule has 1 aromatic rings. The molecule has 1 radical (unpaired) electrons. The lowest BCUT2D eigenvalue weighted by molar-refractivity contribution is -0.637. The molecule has 0 saturated heterocycles. The van der Waals surface area contributed by atoms with Crippen LogP contribution in [0.2, 0.25) is 0 Å². The summed E-state index contributed by atoms with van der Waals surface area (Å²) in [4.78, 5) is 0. The number of hydrogen-bond acceptors (Lipinski definition) is 6. The van der Waals surface area contributed by atoms with Crippen molar-refractivity contribution >= 4 is 10.5 Å². The molecule has 9 heteroatoms. The zero-order valence-electron chi connectivity index (χ0n) is 19.6. The van der Waals surface area contributed by atoms with E-state index in [0.29, 0.717) is 39.6 Å². The van der Waals surface area contributed by atoms with Crippen molar-refractivity contribution in [1.29, 1.82) is 0 Å². The molecule has 8 nitrogen and oxygen atoms in total. The number of rotatable bonds is 22. The molecule has 0 spiro atoms. The Labute approximate surface area is 194 Å². The molecule has 3 N–H and O–H groups in total. The van der Waals surface area contributed by atoms with Crippen molar-refractivity contribution in [3.63, 3.8) is 0 Å². The standard InChI is InChI=1S/C23H42NO7S/c1-2-3-4-5-6-7-8-9-22-10-12-23(13-11-22)30-19-18-28-15-14-27-16-17-29-20-21-32(25,26)31-24/h10-13H,2-9,14-21H2,1,24H3/q+2. The lowest BCUT2D eigenvalue weighted by Gasteiger charge is -2.09. The Morgan fingerprint density at radius 1 is 0.750 bits per heavy atom. The van der Waals surface area contributed by atoms with Gasteiger partial charge in [-0.1, -0.05) is 57.6 Å². The van der Waals surface area contributed by atoms with Gasteiger partial charge >= 0.3 is 10.5 Å². The van der Waals surface area contributed by atoms with Gasteiger partial charge in [0, 0.05) is 4.28 Å². The largest absolute Gasteiger partial charge is 0.491 e. The quantitative estimate of drug-likeness (QED) is 0.156. The van der Waals surface area contributed by atoms with E-state index in [1.54, 1.807) is 0 Å². The van der Waals surface area contributed by atoms with Crippen LogP contribution >= 0.6 is 0 Å². The van der Waals surface area contributed by atoms with E-state index in [1.807, 2.05) is 12.1 Å². The Kier molecular flexibility index (Phi) is 17.6. The molecule has 0 aromatic heterocycles. The van der Waals surface area contributed by atoms with E-state index in [2.05, 4.69) is 29.2 Å². The van der Waals surface area contributed by atoms with Gasteiger partial charge in [-0.15, -0.1) is 0 Å². The van der Waals surface area contributed by atoms with E-state index < -0.39 is 10.5 Å². The summed E-state index contributed by atoms with van der Waals surface area (Å²) in [5.41, 5.74) is 1.36. The molecule has 0 aliphatic carbocycles. The third-order valence-electron chi connectivity index (χ3n) is 4.89. The molecular formula is C23H42NO7S+2. The van der Waals surface area contributed by atoms with Crippen LogP contribution in [-0.4, -0.2) is 52.0 Å². The van der Waals surface area contributed by atoms with Gasteiger partial charge in [0.05, 0.1) is 44.2 Å². The van der Waals surface area contributed by atoms with Gasteiger partial charge in [-0.25, -0.2) is 0 Å². The van der Waals surface area contributed by atoms with Crippen molar-refractivity contribution in [3.05, 3.63) is 29.8 Å². The van der Waals surface area contributed by atoms with E-state index in [4.69, 9.17) is 18.9 Å². The monoisotopic (exact) mass is 476 g/mol. The summed E-state index contributed by atoms with van der Waals surface area (Å²) < 4.78 is 47.8. The molecule has 0 amide bonds. The Balaban J connectivity index is 1.91. The first-order chi connectivity index (χ1) is 15.6. The van der Waals surface area contributed by atoms with E-state index in [0.717, 1.165) is 12.2 Å². The molecule has 0 saturated carbocycles. The molecule has 0 heterocycles. The summed E-state index contributed by atoms with van der Waals surface area (Å²) in [6.45, 7) is 4.87. The molecule has 0 fully saturated rings. The summed E-state index contributed by atoms with van der Waals surface area (Å²) >= 11 is 0. The number of quaternary nitrogens is 1. The predicted octanol–water partition coefficient (Wildman–Crippen LogP) is 3.34. The molecule has 1 rings (SSSR count). The highest BCUT2D eigenvalue weighted by Gasteiger charge is 2.31. The Morgan fingerprint density at radius 2 is 1.28 bits per heavy atom. The van der Waals surface area contributed by atoms with Gasteiger partial charge in [-0.05, 0) is 34.7 Å². The van der Waals surface area contributed by atoms with Crippen molar-refractivity contribution in [1.82, 2.24) is 0 Å². The first kappa shape index (κ1) is 29.0. The number of benzene rings is 1. The van der Waals surface area contributed by atoms with Crippen LogP contribution in [0.4, 0.5) is 0 Å². The van der Waals surface area contributed by atoms with Crippen molar-refractivity contribution < 1.29 is 37.9 Å². The molecule has 0 aliphatic rings. The van der Waals surface area contributed by atoms with Gasteiger partial charge in [0.1, 0.15) is 12.4 Å². The number of unbranched alkanes of at least 4 members (excludes halogenated alkanes) is 6. The van der Waals surface area contributed by atoms with Crippen LogP contribution in [0.3, 0.4) is 0 Å². The number of aryl methyl sites for hydroxylation is 1. The maximum absolute atomic E-state index is 11.0. The Bertz CT molecular complexity index is 601. The highest BCUT2D eigenvalue weighted by atomic mass is 32.3. The number of ether oxygens (including phenoxy) is 4. The molecule has 1 atom stereocenters. The van der Waals surface area contributed by atoms with Crippen molar-refractivity contribution in [3.8, 4) is 5.75 Å². The van der Waals surface area contributed by atoms with Crippen molar-refractivity contribution in [2.75, 3.05) is 52.0 Å². The summed E-state index contributed by atoms with van der Waals surface area (Å²) in [5.74, 6) is 3.52. The minimum atomic E-state index is -3.57. The average molecular weight is 477 g/mol. The third kappa shape index (κ3) is 16.5. The van der Waals surface area contributed by atoms with Gasteiger partial charge in [-0.3, -0.25) is 0 Å². The summed E-state index contributed by atoms with van der Waals surface area (Å²) in [5, 5.41) is 0. The molecule has 32 heavy (non-hydrogen) atoms. The summed E-state index contributed by atoms with van der Waals surface area (Å²) in [7, 11) is -3.57. The molecule has 1 unspecified atom stereocenters. The van der Waals surface area contributed by atoms with Crippen LogP contribution in [0.25, 0.3) is 0 Å². The minimum absolute atomic E-state index is 0.0508. The van der Waals surface area contributed by atoms with Crippen LogP contribution in [0.1, 0.15) is 57.4 Å². The molecule has 185 valence electrons. The smallest absolute Gasteiger partial charge is 0.451 e. The van der Waals surface area contributed by atoms with Gasteiger partial charge in [0.25, 0.3) is 0 Å². The fourth-order valence-corrected chi connectivity index (χ4v) is 3.46. The maximum Gasteiger partial charge on any atom is 0.451 e. The SMILES string of the molecule is CCCCCCCCCc1ccc(OCCOCCOCCOCC[S+]([O])(=O)O[NH3+])cc1. The Hall–Kier alpha value is -1.07. The maximum atomic E-state index is 11.0. The summed E-state index contributed by atoms with van der Waals surface area (Å²) in [6, 6.07) is 8.33. The van der Waals surface area contributed by atoms with Crippen LogP contribution in [0, 0.1) is 0 Å². The second-order valence-electron chi connectivity index (χ2n) is 7.58. The fourth-order valence-electron chi connectivity index (χ4n) is 3.02. The van der Waals surface area contributed by atoms with E-state index in [-0.39, 0.29) is 12.4 Å². The van der Waals surface area contributed by atoms with Crippen molar-refractivity contribution in [2.24, 2.45) is 0 Å². The average Bonchev–Trinajstić information content (AvgIpc) is 2.80. The molecule has 0 aliphatic heterocycles. The lowest BCUT2D eigenvalue weighted by Crippen LogP contribution is -2.53. The van der Waals surface area contributed by atoms with Crippen LogP contribution < -0.4 is 10.6 Å². The first-order valence-electron chi connectivity index (χ1n) is 11.7. The highest BCUT2D eigenvalue weighted by Crippen LogP contribution is 2.15. The zero-order valence-corrected chi connectivity index (χ0v) is 20.4. The lowest BCUT2D eigenvalue weighted by atomic mass is 10.0. The molecule has 0 bridgehead atoms. The zero-order chi connectivity index (χ0) is 23.3. The van der Waals surface area contributed by atoms with Crippen LogP contribution in [0.15, 0.2) is 24.3 Å². The second-order valence-corrected chi connectivity index (χ2v) is 9.34. The van der Waals surface area contributed by atoms with E-state index in [1.165, 1.54) is 50.5 Å². The van der Waals surface area contributed by atoms with Crippen molar-refractivity contribution in [2.45, 2.75) is 58.3 Å². The van der Waals surface area contributed by atoms with Gasteiger partial charge in [0.2, 0.25) is 5.75 Å². The van der Waals surface area contributed by atoms with Crippen LogP contribution in [0.5, 0.6) is 5.75 Å². The molecule has 1 aromatic carbocycles. The fraction of sp³-hybridized carbons (Fsp3) is 0.739. The molecular weight excluding hydrogens is 434 g/mol. The Morgan fingerprint density at radius 3 is 1.88 bits per heavy atom. The van der Waals surface area contributed by atoms with E-state index >= 15 is 0 Å². The van der Waals surface area contributed by atoms with Crippen LogP contribution in [-0.2, 0) is 44.2 Å². The van der Waals surface area contributed by atoms with Gasteiger partial charge in [-0.2, -0.15) is 5.90 Å². The summed E-state index contributed by atoms with van der Waals surface area (Å²) in [6.07, 6.45) is 10.4.